The molecule has 8 heteroatoms. The van der Waals surface area contributed by atoms with E-state index in [4.69, 9.17) is 9.47 Å². The quantitative estimate of drug-likeness (QED) is 0.403. The van der Waals surface area contributed by atoms with Crippen LogP contribution in [0.4, 0.5) is 10.1 Å². The highest BCUT2D eigenvalue weighted by atomic mass is 32.1. The number of amides is 2. The van der Waals surface area contributed by atoms with Gasteiger partial charge in [-0.25, -0.2) is 4.39 Å². The van der Waals surface area contributed by atoms with Crippen LogP contribution in [0.15, 0.2) is 60.0 Å². The molecule has 190 valence electrons. The second-order valence-corrected chi connectivity index (χ2v) is 9.89. The van der Waals surface area contributed by atoms with Crippen LogP contribution in [-0.4, -0.2) is 32.1 Å². The van der Waals surface area contributed by atoms with Crippen molar-refractivity contribution in [1.29, 1.82) is 0 Å². The summed E-state index contributed by atoms with van der Waals surface area (Å²) < 4.78 is 24.7. The molecule has 0 radical (unpaired) electrons. The van der Waals surface area contributed by atoms with Crippen molar-refractivity contribution in [3.8, 4) is 11.5 Å². The van der Waals surface area contributed by atoms with Crippen LogP contribution in [0.3, 0.4) is 0 Å². The third-order valence-corrected chi connectivity index (χ3v) is 7.34. The summed E-state index contributed by atoms with van der Waals surface area (Å²) in [7, 11) is 3.06. The summed E-state index contributed by atoms with van der Waals surface area (Å²) in [4.78, 5) is 30.1. The Morgan fingerprint density at radius 1 is 1.03 bits per heavy atom. The van der Waals surface area contributed by atoms with Crippen LogP contribution in [0.1, 0.15) is 48.6 Å². The number of halogens is 1. The van der Waals surface area contributed by atoms with Crippen molar-refractivity contribution < 1.29 is 23.5 Å². The molecule has 1 N–H and O–H groups in total. The number of methoxy groups -OCH3 is 2. The van der Waals surface area contributed by atoms with Crippen LogP contribution in [0, 0.1) is 5.82 Å². The van der Waals surface area contributed by atoms with Gasteiger partial charge < -0.3 is 14.8 Å². The molecule has 2 aromatic carbocycles. The number of carbonyl (C=O) groups is 2. The van der Waals surface area contributed by atoms with Crippen molar-refractivity contribution in [2.45, 2.75) is 50.6 Å². The normalized spacial score (nSPS) is 14.6. The average molecular weight is 511 g/mol. The molecular weight excluding hydrogens is 479 g/mol. The molecule has 0 aliphatic heterocycles. The Kier molecular flexibility index (Phi) is 8.59. The van der Waals surface area contributed by atoms with Gasteiger partial charge in [-0.1, -0.05) is 37.5 Å². The maximum absolute atomic E-state index is 13.8. The summed E-state index contributed by atoms with van der Waals surface area (Å²) in [6.07, 6.45) is 5.21. The second kappa shape index (κ2) is 12.0. The van der Waals surface area contributed by atoms with E-state index in [0.717, 1.165) is 37.0 Å². The first-order valence-corrected chi connectivity index (χ1v) is 13.0. The summed E-state index contributed by atoms with van der Waals surface area (Å²) >= 11 is 1.48. The maximum atomic E-state index is 13.8. The monoisotopic (exact) mass is 510 g/mol. The van der Waals surface area contributed by atoms with Crippen molar-refractivity contribution >= 4 is 28.8 Å². The van der Waals surface area contributed by atoms with Gasteiger partial charge >= 0.3 is 0 Å². The minimum atomic E-state index is -0.988. The van der Waals surface area contributed by atoms with E-state index < -0.39 is 11.9 Å². The first-order chi connectivity index (χ1) is 17.5. The molecule has 0 spiro atoms. The predicted octanol–water partition coefficient (Wildman–Crippen LogP) is 5.67. The zero-order valence-corrected chi connectivity index (χ0v) is 21.4. The van der Waals surface area contributed by atoms with Gasteiger partial charge in [0.2, 0.25) is 11.8 Å². The van der Waals surface area contributed by atoms with Crippen molar-refractivity contribution in [1.82, 2.24) is 5.32 Å². The van der Waals surface area contributed by atoms with Crippen LogP contribution >= 0.6 is 11.3 Å². The number of carbonyl (C=O) groups excluding carboxylic acids is 2. The van der Waals surface area contributed by atoms with Crippen LogP contribution in [0.2, 0.25) is 0 Å². The summed E-state index contributed by atoms with van der Waals surface area (Å²) in [6, 6.07) is 13.7. The fourth-order valence-corrected chi connectivity index (χ4v) is 5.34. The number of anilines is 1. The summed E-state index contributed by atoms with van der Waals surface area (Å²) in [5.41, 5.74) is 1.02. The van der Waals surface area contributed by atoms with E-state index >= 15 is 0 Å². The van der Waals surface area contributed by atoms with Gasteiger partial charge in [0, 0.05) is 22.7 Å². The molecule has 36 heavy (non-hydrogen) atoms. The van der Waals surface area contributed by atoms with E-state index in [1.165, 1.54) is 42.6 Å². The lowest BCUT2D eigenvalue weighted by molar-refractivity contribution is -0.127. The fourth-order valence-electron chi connectivity index (χ4n) is 4.65. The van der Waals surface area contributed by atoms with E-state index in [-0.39, 0.29) is 24.3 Å². The topological polar surface area (TPSA) is 67.9 Å². The summed E-state index contributed by atoms with van der Waals surface area (Å²) in [5, 5.41) is 5.08. The van der Waals surface area contributed by atoms with E-state index in [1.807, 2.05) is 17.5 Å². The minimum absolute atomic E-state index is 0.0499. The first kappa shape index (κ1) is 25.7. The molecule has 1 heterocycles. The summed E-state index contributed by atoms with van der Waals surface area (Å²) in [5.74, 6) is -0.000238. The number of benzene rings is 2. The number of nitrogens with one attached hydrogen (secondary N) is 1. The zero-order valence-electron chi connectivity index (χ0n) is 20.5. The number of nitrogens with zero attached hydrogens (tertiary/aromatic N) is 1. The molecule has 1 aromatic heterocycles. The van der Waals surface area contributed by atoms with Crippen LogP contribution in [-0.2, 0) is 16.0 Å². The molecule has 1 fully saturated rings. The minimum Gasteiger partial charge on any atom is -0.493 e. The lowest BCUT2D eigenvalue weighted by Gasteiger charge is -2.33. The molecule has 0 unspecified atom stereocenters. The zero-order chi connectivity index (χ0) is 25.5. The van der Waals surface area contributed by atoms with E-state index in [0.29, 0.717) is 22.7 Å². The molecule has 6 nitrogen and oxygen atoms in total. The number of rotatable bonds is 9. The predicted molar refractivity (Wildman–Crippen MR) is 139 cm³/mol. The molecule has 2 amide bonds. The van der Waals surface area contributed by atoms with Gasteiger partial charge in [0.15, 0.2) is 11.5 Å². The van der Waals surface area contributed by atoms with E-state index in [9.17, 15) is 14.0 Å². The van der Waals surface area contributed by atoms with Crippen molar-refractivity contribution in [2.24, 2.45) is 0 Å². The largest absolute Gasteiger partial charge is 0.493 e. The Balaban J connectivity index is 1.78. The molecular formula is C28H31FN2O4S. The van der Waals surface area contributed by atoms with Crippen molar-refractivity contribution in [3.05, 3.63) is 76.2 Å². The average Bonchev–Trinajstić information content (AvgIpc) is 3.41. The molecule has 1 saturated carbocycles. The van der Waals surface area contributed by atoms with Gasteiger partial charge in [0.05, 0.1) is 20.6 Å². The first-order valence-electron chi connectivity index (χ1n) is 12.1. The second-order valence-electron chi connectivity index (χ2n) is 8.86. The van der Waals surface area contributed by atoms with Gasteiger partial charge in [0.25, 0.3) is 0 Å². The highest BCUT2D eigenvalue weighted by Gasteiger charge is 2.34. The van der Waals surface area contributed by atoms with Gasteiger partial charge in [-0.05, 0) is 54.1 Å². The van der Waals surface area contributed by atoms with Crippen molar-refractivity contribution in [2.75, 3.05) is 19.1 Å². The summed E-state index contributed by atoms with van der Waals surface area (Å²) in [6.45, 7) is 0. The maximum Gasteiger partial charge on any atom is 0.248 e. The molecule has 3 aromatic rings. The Bertz CT molecular complexity index is 1160. The van der Waals surface area contributed by atoms with E-state index in [2.05, 4.69) is 5.32 Å². The van der Waals surface area contributed by atoms with Crippen LogP contribution in [0.5, 0.6) is 11.5 Å². The molecule has 0 saturated heterocycles. The number of thiophene rings is 1. The highest BCUT2D eigenvalue weighted by molar-refractivity contribution is 7.10. The van der Waals surface area contributed by atoms with Crippen LogP contribution < -0.4 is 19.7 Å². The standard InChI is InChI=1S/C28H31FN2O4S/c1-34-24-15-14-22(17-25(24)35-2)31(26(32)18-23-9-6-16-36-23)27(19-10-12-20(29)13-11-19)28(33)30-21-7-4-3-5-8-21/h6,9-17,21,27H,3-5,7-8,18H2,1-2H3,(H,30,33)/t27-/m1/s1. The highest BCUT2D eigenvalue weighted by Crippen LogP contribution is 2.36. The van der Waals surface area contributed by atoms with Gasteiger partial charge in [0.1, 0.15) is 11.9 Å². The molecule has 4 rings (SSSR count). The molecule has 0 bridgehead atoms. The molecule has 1 aliphatic rings. The number of hydrogen-bond acceptors (Lipinski definition) is 5. The SMILES string of the molecule is COc1ccc(N(C(=O)Cc2cccs2)[C@@H](C(=O)NC2CCCCC2)c2ccc(F)cc2)cc1OC. The molecule has 1 atom stereocenters. The Hall–Kier alpha value is -3.39. The van der Waals surface area contributed by atoms with Gasteiger partial charge in [-0.2, -0.15) is 0 Å². The van der Waals surface area contributed by atoms with Gasteiger partial charge in [-0.3, -0.25) is 14.5 Å². The number of hydrogen-bond donors (Lipinski definition) is 1. The molecule has 1 aliphatic carbocycles. The van der Waals surface area contributed by atoms with Crippen molar-refractivity contribution in [3.63, 3.8) is 0 Å². The van der Waals surface area contributed by atoms with E-state index in [1.54, 1.807) is 30.3 Å². The number of ether oxygens (including phenoxy) is 2. The Morgan fingerprint density at radius 2 is 1.75 bits per heavy atom. The van der Waals surface area contributed by atoms with Crippen LogP contribution in [0.25, 0.3) is 0 Å². The lowest BCUT2D eigenvalue weighted by Crippen LogP contribution is -2.47. The smallest absolute Gasteiger partial charge is 0.248 e. The fraction of sp³-hybridized carbons (Fsp3) is 0.357. The Labute approximate surface area is 215 Å². The van der Waals surface area contributed by atoms with Gasteiger partial charge in [-0.15, -0.1) is 11.3 Å². The third-order valence-electron chi connectivity index (χ3n) is 6.46. The third kappa shape index (κ3) is 6.05. The lowest BCUT2D eigenvalue weighted by atomic mass is 9.94. The Morgan fingerprint density at radius 3 is 2.39 bits per heavy atom.